The Morgan fingerprint density at radius 3 is 2.42 bits per heavy atom. The molecule has 2 aromatic carbocycles. The maximum absolute atomic E-state index is 12.0. The van der Waals surface area contributed by atoms with Crippen molar-refractivity contribution >= 4 is 11.8 Å². The van der Waals surface area contributed by atoms with Crippen LogP contribution in [0.1, 0.15) is 26.3 Å². The van der Waals surface area contributed by atoms with Gasteiger partial charge >= 0.3 is 0 Å². The summed E-state index contributed by atoms with van der Waals surface area (Å²) < 4.78 is 5.42. The summed E-state index contributed by atoms with van der Waals surface area (Å²) in [6.45, 7) is 2.20. The van der Waals surface area contributed by atoms with Gasteiger partial charge < -0.3 is 15.8 Å². The molecule has 0 aliphatic carbocycles. The number of amides is 2. The molecule has 0 saturated heterocycles. The molecule has 0 aliphatic heterocycles. The van der Waals surface area contributed by atoms with Crippen LogP contribution in [0.2, 0.25) is 0 Å². The lowest BCUT2D eigenvalue weighted by Crippen LogP contribution is -2.24. The van der Waals surface area contributed by atoms with Crippen molar-refractivity contribution in [2.45, 2.75) is 6.92 Å². The predicted octanol–water partition coefficient (Wildman–Crippen LogP) is 1.91. The zero-order valence-electron chi connectivity index (χ0n) is 13.3. The summed E-state index contributed by atoms with van der Waals surface area (Å²) in [6.07, 6.45) is 0. The molecule has 2 amide bonds. The van der Waals surface area contributed by atoms with Crippen molar-refractivity contribution < 1.29 is 14.3 Å². The Bertz CT molecular complexity index is 803. The van der Waals surface area contributed by atoms with E-state index in [2.05, 4.69) is 17.2 Å². The Balaban J connectivity index is 1.82. The third-order valence-corrected chi connectivity index (χ3v) is 3.30. The van der Waals surface area contributed by atoms with Crippen LogP contribution in [-0.2, 0) is 0 Å². The molecule has 2 aromatic rings. The van der Waals surface area contributed by atoms with E-state index in [1.807, 2.05) is 25.1 Å². The number of benzene rings is 2. The first-order chi connectivity index (χ1) is 11.6. The number of ether oxygens (including phenoxy) is 1. The van der Waals surface area contributed by atoms with E-state index in [1.165, 1.54) is 0 Å². The molecule has 0 heterocycles. The van der Waals surface area contributed by atoms with Gasteiger partial charge in [-0.2, -0.15) is 0 Å². The molecule has 0 bridgehead atoms. The minimum absolute atomic E-state index is 0.102. The van der Waals surface area contributed by atoms with E-state index < -0.39 is 5.91 Å². The van der Waals surface area contributed by atoms with Crippen LogP contribution in [0.5, 0.6) is 5.75 Å². The normalized spacial score (nSPS) is 9.54. The van der Waals surface area contributed by atoms with Gasteiger partial charge in [-0.05, 0) is 30.7 Å². The summed E-state index contributed by atoms with van der Waals surface area (Å²) in [5.74, 6) is 5.26. The molecule has 0 radical (unpaired) electrons. The van der Waals surface area contributed by atoms with E-state index in [0.717, 1.165) is 5.56 Å². The van der Waals surface area contributed by atoms with E-state index in [-0.39, 0.29) is 19.1 Å². The average molecular weight is 322 g/mol. The van der Waals surface area contributed by atoms with Crippen molar-refractivity contribution in [3.8, 4) is 17.6 Å². The van der Waals surface area contributed by atoms with Gasteiger partial charge in [-0.25, -0.2) is 0 Å². The van der Waals surface area contributed by atoms with Crippen molar-refractivity contribution in [2.75, 3.05) is 13.2 Å². The lowest BCUT2D eigenvalue weighted by Gasteiger charge is -2.06. The highest BCUT2D eigenvalue weighted by Gasteiger charge is 2.07. The fourth-order valence-electron chi connectivity index (χ4n) is 2.07. The zero-order chi connectivity index (χ0) is 17.4. The summed E-state index contributed by atoms with van der Waals surface area (Å²) in [5, 5.41) is 2.73. The number of aryl methyl sites for hydroxylation is 1. The van der Waals surface area contributed by atoms with Crippen LogP contribution in [0.4, 0.5) is 0 Å². The first-order valence-electron chi connectivity index (χ1n) is 7.41. The second-order valence-electron chi connectivity index (χ2n) is 5.00. The Morgan fingerprint density at radius 1 is 1.04 bits per heavy atom. The summed E-state index contributed by atoms with van der Waals surface area (Å²) in [7, 11) is 0. The molecule has 3 N–H and O–H groups in total. The van der Waals surface area contributed by atoms with Crippen molar-refractivity contribution in [2.24, 2.45) is 5.73 Å². The van der Waals surface area contributed by atoms with E-state index in [1.54, 1.807) is 30.3 Å². The van der Waals surface area contributed by atoms with E-state index in [0.29, 0.717) is 16.9 Å². The summed E-state index contributed by atoms with van der Waals surface area (Å²) in [5.41, 5.74) is 7.12. The number of nitrogens with two attached hydrogens (primary N) is 1. The van der Waals surface area contributed by atoms with Crippen LogP contribution in [0.15, 0.2) is 48.5 Å². The van der Waals surface area contributed by atoms with Gasteiger partial charge in [-0.15, -0.1) is 0 Å². The van der Waals surface area contributed by atoms with E-state index in [4.69, 9.17) is 10.5 Å². The molecular weight excluding hydrogens is 304 g/mol. The molecule has 24 heavy (non-hydrogen) atoms. The van der Waals surface area contributed by atoms with Crippen molar-refractivity contribution in [3.63, 3.8) is 0 Å². The van der Waals surface area contributed by atoms with Crippen LogP contribution >= 0.6 is 0 Å². The fraction of sp³-hybridized carbons (Fsp3) is 0.158. The Hall–Kier alpha value is -3.26. The molecule has 0 saturated carbocycles. The lowest BCUT2D eigenvalue weighted by molar-refractivity contribution is 0.0956. The van der Waals surface area contributed by atoms with Gasteiger partial charge in [0.1, 0.15) is 12.4 Å². The molecule has 0 atom stereocenters. The predicted molar refractivity (Wildman–Crippen MR) is 91.7 cm³/mol. The molecule has 0 aromatic heterocycles. The molecule has 122 valence electrons. The number of hydrogen-bond acceptors (Lipinski definition) is 3. The number of nitrogens with one attached hydrogen (secondary N) is 1. The highest BCUT2D eigenvalue weighted by atomic mass is 16.5. The average Bonchev–Trinajstić information content (AvgIpc) is 2.58. The zero-order valence-corrected chi connectivity index (χ0v) is 13.3. The standard InChI is InChI=1S/C19H18N2O3/c1-14-8-2-3-9-15(14)19(23)21-12-6-7-13-24-17-11-5-4-10-16(17)18(20)22/h2-5,8-11H,12-13H2,1H3,(H2,20,22)(H,21,23). The van der Waals surface area contributed by atoms with Crippen molar-refractivity contribution in [1.82, 2.24) is 5.32 Å². The summed E-state index contributed by atoms with van der Waals surface area (Å²) in [6, 6.07) is 14.0. The smallest absolute Gasteiger partial charge is 0.252 e. The van der Waals surface area contributed by atoms with Gasteiger partial charge in [-0.3, -0.25) is 9.59 Å². The topological polar surface area (TPSA) is 81.4 Å². The number of rotatable bonds is 5. The molecule has 0 fully saturated rings. The van der Waals surface area contributed by atoms with Gasteiger partial charge in [0.25, 0.3) is 11.8 Å². The Morgan fingerprint density at radius 2 is 1.71 bits per heavy atom. The van der Waals surface area contributed by atoms with Crippen molar-refractivity contribution in [3.05, 3.63) is 65.2 Å². The van der Waals surface area contributed by atoms with Gasteiger partial charge in [0.2, 0.25) is 0 Å². The van der Waals surface area contributed by atoms with E-state index >= 15 is 0 Å². The lowest BCUT2D eigenvalue weighted by atomic mass is 10.1. The van der Waals surface area contributed by atoms with Crippen LogP contribution in [0, 0.1) is 18.8 Å². The number of hydrogen-bond donors (Lipinski definition) is 2. The number of carbonyl (C=O) groups excluding carboxylic acids is 2. The van der Waals surface area contributed by atoms with Gasteiger partial charge in [0.05, 0.1) is 12.1 Å². The maximum atomic E-state index is 12.0. The molecule has 0 aliphatic rings. The first-order valence-corrected chi connectivity index (χ1v) is 7.41. The third kappa shape index (κ3) is 4.62. The number of primary amides is 1. The fourth-order valence-corrected chi connectivity index (χ4v) is 2.07. The minimum Gasteiger partial charge on any atom is -0.480 e. The van der Waals surface area contributed by atoms with Gasteiger partial charge in [0.15, 0.2) is 0 Å². The molecule has 2 rings (SSSR count). The van der Waals surface area contributed by atoms with Gasteiger partial charge in [-0.1, -0.05) is 42.2 Å². The first kappa shape index (κ1) is 17.1. The van der Waals surface area contributed by atoms with Crippen LogP contribution in [-0.4, -0.2) is 25.0 Å². The monoisotopic (exact) mass is 322 g/mol. The quantitative estimate of drug-likeness (QED) is 0.825. The molecular formula is C19H18N2O3. The van der Waals surface area contributed by atoms with Crippen LogP contribution < -0.4 is 15.8 Å². The summed E-state index contributed by atoms with van der Waals surface area (Å²) in [4.78, 5) is 23.2. The van der Waals surface area contributed by atoms with Gasteiger partial charge in [0, 0.05) is 5.56 Å². The van der Waals surface area contributed by atoms with E-state index in [9.17, 15) is 9.59 Å². The highest BCUT2D eigenvalue weighted by molar-refractivity contribution is 5.96. The Kier molecular flexibility index (Phi) is 5.98. The Labute approximate surface area is 140 Å². The minimum atomic E-state index is -0.552. The third-order valence-electron chi connectivity index (χ3n) is 3.30. The molecule has 5 nitrogen and oxygen atoms in total. The molecule has 0 unspecified atom stereocenters. The van der Waals surface area contributed by atoms with Crippen molar-refractivity contribution in [1.29, 1.82) is 0 Å². The summed E-state index contributed by atoms with van der Waals surface area (Å²) >= 11 is 0. The second-order valence-corrected chi connectivity index (χ2v) is 5.00. The SMILES string of the molecule is Cc1ccccc1C(=O)NCC#CCOc1ccccc1C(N)=O. The van der Waals surface area contributed by atoms with Crippen LogP contribution in [0.3, 0.4) is 0 Å². The maximum Gasteiger partial charge on any atom is 0.252 e. The second kappa shape index (κ2) is 8.39. The van der Waals surface area contributed by atoms with Crippen LogP contribution in [0.25, 0.3) is 0 Å². The number of para-hydroxylation sites is 1. The molecule has 5 heteroatoms. The largest absolute Gasteiger partial charge is 0.480 e. The molecule has 0 spiro atoms. The number of carbonyl (C=O) groups is 2. The highest BCUT2D eigenvalue weighted by Crippen LogP contribution is 2.16.